The van der Waals surface area contributed by atoms with Crippen molar-refractivity contribution in [2.24, 2.45) is 0 Å². The van der Waals surface area contributed by atoms with E-state index in [1.807, 2.05) is 5.38 Å². The highest BCUT2D eigenvalue weighted by molar-refractivity contribution is 7.09. The van der Waals surface area contributed by atoms with Crippen molar-refractivity contribution in [1.82, 2.24) is 5.32 Å². The van der Waals surface area contributed by atoms with Crippen molar-refractivity contribution < 1.29 is 22.4 Å². The molecule has 0 saturated heterocycles. The third kappa shape index (κ3) is 4.19. The summed E-state index contributed by atoms with van der Waals surface area (Å²) in [4.78, 5) is 12.4. The fraction of sp³-hybridized carbons (Fsp3) is 0.154. The molecule has 2 aromatic rings. The van der Waals surface area contributed by atoms with Gasteiger partial charge in [0.25, 0.3) is 0 Å². The minimum Gasteiger partial charge on any atom is -0.333 e. The maximum atomic E-state index is 13.4. The summed E-state index contributed by atoms with van der Waals surface area (Å²) < 4.78 is 51.0. The summed E-state index contributed by atoms with van der Waals surface area (Å²) in [6, 6.07) is 4.64. The Kier molecular flexibility index (Phi) is 4.46. The van der Waals surface area contributed by atoms with Gasteiger partial charge in [0.2, 0.25) is 0 Å². The molecular weight excluding hydrogens is 308 g/mol. The van der Waals surface area contributed by atoms with Gasteiger partial charge in [0.05, 0.1) is 17.8 Å². The van der Waals surface area contributed by atoms with Crippen LogP contribution in [0.3, 0.4) is 0 Å². The Bertz CT molecular complexity index is 626. The van der Waals surface area contributed by atoms with Crippen LogP contribution >= 0.6 is 11.3 Å². The molecule has 0 radical (unpaired) electrons. The Morgan fingerprint density at radius 1 is 1.24 bits per heavy atom. The first-order chi connectivity index (χ1) is 9.86. The van der Waals surface area contributed by atoms with Gasteiger partial charge in [0.1, 0.15) is 5.82 Å². The van der Waals surface area contributed by atoms with Gasteiger partial charge < -0.3 is 10.6 Å². The number of benzene rings is 1. The van der Waals surface area contributed by atoms with E-state index in [2.05, 4.69) is 10.6 Å². The highest BCUT2D eigenvalue weighted by atomic mass is 32.1. The molecular formula is C13H10F4N2OS. The Hall–Kier alpha value is -2.09. The number of halogens is 4. The average Bonchev–Trinajstić information content (AvgIpc) is 2.91. The van der Waals surface area contributed by atoms with Gasteiger partial charge in [-0.15, -0.1) is 11.3 Å². The summed E-state index contributed by atoms with van der Waals surface area (Å²) in [5, 5.41) is 6.32. The normalized spacial score (nSPS) is 11.2. The lowest BCUT2D eigenvalue weighted by Crippen LogP contribution is -2.28. The molecule has 8 heteroatoms. The molecule has 0 aliphatic rings. The van der Waals surface area contributed by atoms with Crippen LogP contribution in [0.15, 0.2) is 35.7 Å². The first-order valence-electron chi connectivity index (χ1n) is 5.80. The number of urea groups is 1. The molecule has 0 bridgehead atoms. The van der Waals surface area contributed by atoms with Gasteiger partial charge >= 0.3 is 12.2 Å². The van der Waals surface area contributed by atoms with Gasteiger partial charge in [-0.05, 0) is 29.6 Å². The Morgan fingerprint density at radius 3 is 2.62 bits per heavy atom. The summed E-state index contributed by atoms with van der Waals surface area (Å²) in [7, 11) is 0. The quantitative estimate of drug-likeness (QED) is 0.817. The SMILES string of the molecule is O=C(NCc1cccs1)Nc1cc(C(F)(F)F)ccc1F. The van der Waals surface area contributed by atoms with Crippen molar-refractivity contribution >= 4 is 23.1 Å². The molecule has 0 atom stereocenters. The predicted octanol–water partition coefficient (Wildman–Crippen LogP) is 4.23. The molecule has 0 aliphatic heterocycles. The van der Waals surface area contributed by atoms with Gasteiger partial charge in [-0.1, -0.05) is 6.07 Å². The smallest absolute Gasteiger partial charge is 0.333 e. The summed E-state index contributed by atoms with van der Waals surface area (Å²) in [6.45, 7) is 0.212. The summed E-state index contributed by atoms with van der Waals surface area (Å²) in [6.07, 6.45) is -4.60. The lowest BCUT2D eigenvalue weighted by Gasteiger charge is -2.11. The fourth-order valence-corrected chi connectivity index (χ4v) is 2.19. The molecule has 2 rings (SSSR count). The third-order valence-electron chi connectivity index (χ3n) is 2.55. The second-order valence-corrected chi connectivity index (χ2v) is 5.11. The van der Waals surface area contributed by atoms with E-state index in [1.165, 1.54) is 11.3 Å². The molecule has 21 heavy (non-hydrogen) atoms. The molecule has 0 fully saturated rings. The van der Waals surface area contributed by atoms with Crippen LogP contribution in [0.1, 0.15) is 10.4 Å². The number of amides is 2. The van der Waals surface area contributed by atoms with Crippen molar-refractivity contribution in [3.05, 3.63) is 52.0 Å². The first kappa shape index (κ1) is 15.3. The second-order valence-electron chi connectivity index (χ2n) is 4.08. The van der Waals surface area contributed by atoms with Crippen molar-refractivity contribution in [2.75, 3.05) is 5.32 Å². The van der Waals surface area contributed by atoms with Crippen molar-refractivity contribution in [3.63, 3.8) is 0 Å². The van der Waals surface area contributed by atoms with Gasteiger partial charge in [0, 0.05) is 4.88 Å². The van der Waals surface area contributed by atoms with Crippen LogP contribution in [-0.2, 0) is 12.7 Å². The van der Waals surface area contributed by atoms with Crippen LogP contribution in [0, 0.1) is 5.82 Å². The third-order valence-corrected chi connectivity index (χ3v) is 3.42. The summed E-state index contributed by atoms with van der Waals surface area (Å²) in [5.74, 6) is -0.936. The fourth-order valence-electron chi connectivity index (χ4n) is 1.54. The molecule has 0 saturated carbocycles. The zero-order valence-corrected chi connectivity index (χ0v) is 11.3. The Morgan fingerprint density at radius 2 is 2.00 bits per heavy atom. The van der Waals surface area contributed by atoms with E-state index in [1.54, 1.807) is 12.1 Å². The van der Waals surface area contributed by atoms with Crippen LogP contribution in [0.5, 0.6) is 0 Å². The minimum absolute atomic E-state index is 0.212. The van der Waals surface area contributed by atoms with Crippen LogP contribution in [0.25, 0.3) is 0 Å². The number of thiophene rings is 1. The Balaban J connectivity index is 2.03. The lowest BCUT2D eigenvalue weighted by molar-refractivity contribution is -0.137. The summed E-state index contributed by atoms with van der Waals surface area (Å²) in [5.41, 5.74) is -1.55. The highest BCUT2D eigenvalue weighted by Crippen LogP contribution is 2.31. The topological polar surface area (TPSA) is 41.1 Å². The van der Waals surface area contributed by atoms with Crippen LogP contribution in [0.2, 0.25) is 0 Å². The van der Waals surface area contributed by atoms with E-state index >= 15 is 0 Å². The largest absolute Gasteiger partial charge is 0.416 e. The highest BCUT2D eigenvalue weighted by Gasteiger charge is 2.31. The zero-order chi connectivity index (χ0) is 15.5. The molecule has 1 heterocycles. The van der Waals surface area contributed by atoms with Gasteiger partial charge in [0.15, 0.2) is 0 Å². The number of hydrogen-bond acceptors (Lipinski definition) is 2. The molecule has 2 amide bonds. The molecule has 0 aliphatic carbocycles. The van der Waals surface area contributed by atoms with Gasteiger partial charge in [-0.3, -0.25) is 0 Å². The lowest BCUT2D eigenvalue weighted by atomic mass is 10.2. The maximum absolute atomic E-state index is 13.4. The van der Waals surface area contributed by atoms with E-state index in [4.69, 9.17) is 0 Å². The minimum atomic E-state index is -4.60. The van der Waals surface area contributed by atoms with E-state index in [0.717, 1.165) is 4.88 Å². The number of nitrogens with one attached hydrogen (secondary N) is 2. The molecule has 112 valence electrons. The predicted molar refractivity (Wildman–Crippen MR) is 71.6 cm³/mol. The van der Waals surface area contributed by atoms with Crippen LogP contribution < -0.4 is 10.6 Å². The number of hydrogen-bond donors (Lipinski definition) is 2. The van der Waals surface area contributed by atoms with Gasteiger partial charge in [-0.2, -0.15) is 13.2 Å². The van der Waals surface area contributed by atoms with E-state index in [-0.39, 0.29) is 6.54 Å². The number of rotatable bonds is 3. The molecule has 1 aromatic carbocycles. The number of anilines is 1. The van der Waals surface area contributed by atoms with Crippen molar-refractivity contribution in [1.29, 1.82) is 0 Å². The number of alkyl halides is 3. The molecule has 3 nitrogen and oxygen atoms in total. The van der Waals surface area contributed by atoms with Crippen molar-refractivity contribution in [3.8, 4) is 0 Å². The first-order valence-corrected chi connectivity index (χ1v) is 6.68. The summed E-state index contributed by atoms with van der Waals surface area (Å²) >= 11 is 1.41. The number of carbonyl (C=O) groups excluding carboxylic acids is 1. The van der Waals surface area contributed by atoms with Crippen LogP contribution in [-0.4, -0.2) is 6.03 Å². The average molecular weight is 318 g/mol. The monoisotopic (exact) mass is 318 g/mol. The van der Waals surface area contributed by atoms with Crippen molar-refractivity contribution in [2.45, 2.75) is 12.7 Å². The molecule has 2 N–H and O–H groups in total. The van der Waals surface area contributed by atoms with E-state index < -0.39 is 29.3 Å². The van der Waals surface area contributed by atoms with E-state index in [0.29, 0.717) is 18.2 Å². The molecule has 0 unspecified atom stereocenters. The standard InChI is InChI=1S/C13H10F4N2OS/c14-10-4-3-8(13(15,16)17)6-11(10)19-12(20)18-7-9-2-1-5-21-9/h1-6H,7H2,(H2,18,19,20). The zero-order valence-electron chi connectivity index (χ0n) is 10.5. The van der Waals surface area contributed by atoms with Crippen LogP contribution in [0.4, 0.5) is 28.0 Å². The molecule has 0 spiro atoms. The molecule has 1 aromatic heterocycles. The maximum Gasteiger partial charge on any atom is 0.416 e. The number of carbonyl (C=O) groups is 1. The van der Waals surface area contributed by atoms with Gasteiger partial charge in [-0.25, -0.2) is 9.18 Å². The second kappa shape index (κ2) is 6.13. The van der Waals surface area contributed by atoms with E-state index in [9.17, 15) is 22.4 Å². The Labute approximate surface area is 121 Å².